The predicted molar refractivity (Wildman–Crippen MR) is 79.6 cm³/mol. The molecule has 106 valence electrons. The van der Waals surface area contributed by atoms with Gasteiger partial charge in [-0.1, -0.05) is 24.9 Å². The summed E-state index contributed by atoms with van der Waals surface area (Å²) in [6.45, 7) is 2.27. The number of methoxy groups -OCH3 is 1. The van der Waals surface area contributed by atoms with E-state index in [0.29, 0.717) is 16.7 Å². The Kier molecular flexibility index (Phi) is 5.23. The summed E-state index contributed by atoms with van der Waals surface area (Å²) in [6, 6.07) is 3.62. The fourth-order valence-electron chi connectivity index (χ4n) is 2.66. The minimum Gasteiger partial charge on any atom is -0.493 e. The first-order valence-corrected chi connectivity index (χ1v) is 7.64. The maximum atomic E-state index is 6.16. The first-order valence-electron chi connectivity index (χ1n) is 6.73. The highest BCUT2D eigenvalue weighted by Gasteiger charge is 2.23. The van der Waals surface area contributed by atoms with Crippen LogP contribution in [0.15, 0.2) is 12.1 Å². The second kappa shape index (κ2) is 6.71. The van der Waals surface area contributed by atoms with Gasteiger partial charge in [0.05, 0.1) is 19.1 Å². The summed E-state index contributed by atoms with van der Waals surface area (Å²) in [5.74, 6) is 2.51. The third-order valence-corrected chi connectivity index (χ3v) is 4.14. The SMILES string of the molecule is COc1cc(Cl)cc(CCl)c1OC1CCCC(C)C1. The third-order valence-electron chi connectivity index (χ3n) is 3.63. The second-order valence-corrected chi connectivity index (χ2v) is 5.95. The molecule has 1 saturated carbocycles. The van der Waals surface area contributed by atoms with Crippen LogP contribution in [0.3, 0.4) is 0 Å². The van der Waals surface area contributed by atoms with Gasteiger partial charge in [-0.3, -0.25) is 0 Å². The Morgan fingerprint density at radius 3 is 2.74 bits per heavy atom. The maximum Gasteiger partial charge on any atom is 0.166 e. The summed E-state index contributed by atoms with van der Waals surface area (Å²) >= 11 is 12.0. The summed E-state index contributed by atoms with van der Waals surface area (Å²) in [7, 11) is 1.63. The second-order valence-electron chi connectivity index (χ2n) is 5.24. The molecule has 1 aliphatic rings. The van der Waals surface area contributed by atoms with E-state index in [1.807, 2.05) is 6.07 Å². The van der Waals surface area contributed by atoms with Gasteiger partial charge in [-0.25, -0.2) is 0 Å². The smallest absolute Gasteiger partial charge is 0.166 e. The molecule has 0 aliphatic heterocycles. The van der Waals surface area contributed by atoms with Gasteiger partial charge in [0.15, 0.2) is 11.5 Å². The summed E-state index contributed by atoms with van der Waals surface area (Å²) < 4.78 is 11.5. The molecule has 1 aromatic carbocycles. The topological polar surface area (TPSA) is 18.5 Å². The van der Waals surface area contributed by atoms with Crippen molar-refractivity contribution < 1.29 is 9.47 Å². The highest BCUT2D eigenvalue weighted by atomic mass is 35.5. The number of alkyl halides is 1. The van der Waals surface area contributed by atoms with Gasteiger partial charge in [-0.15, -0.1) is 11.6 Å². The Labute approximate surface area is 125 Å². The minimum atomic E-state index is 0.251. The van der Waals surface area contributed by atoms with E-state index in [9.17, 15) is 0 Å². The maximum absolute atomic E-state index is 6.16. The Morgan fingerprint density at radius 2 is 2.11 bits per heavy atom. The molecule has 0 saturated heterocycles. The van der Waals surface area contributed by atoms with Crippen LogP contribution in [0.5, 0.6) is 11.5 Å². The minimum absolute atomic E-state index is 0.251. The molecule has 0 bridgehead atoms. The highest BCUT2D eigenvalue weighted by molar-refractivity contribution is 6.31. The molecule has 2 rings (SSSR count). The molecular formula is C15H20Cl2O2. The van der Waals surface area contributed by atoms with Crippen LogP contribution in [0.25, 0.3) is 0 Å². The summed E-state index contributed by atoms with van der Waals surface area (Å²) in [6.07, 6.45) is 4.95. The highest BCUT2D eigenvalue weighted by Crippen LogP contribution is 2.38. The van der Waals surface area contributed by atoms with Crippen molar-refractivity contribution in [3.05, 3.63) is 22.7 Å². The largest absolute Gasteiger partial charge is 0.493 e. The molecule has 1 fully saturated rings. The van der Waals surface area contributed by atoms with Crippen LogP contribution in [0.4, 0.5) is 0 Å². The number of hydrogen-bond acceptors (Lipinski definition) is 2. The first kappa shape index (κ1) is 14.8. The van der Waals surface area contributed by atoms with Crippen molar-refractivity contribution in [1.29, 1.82) is 0 Å². The monoisotopic (exact) mass is 302 g/mol. The van der Waals surface area contributed by atoms with Crippen molar-refractivity contribution in [2.45, 2.75) is 44.6 Å². The van der Waals surface area contributed by atoms with E-state index in [1.54, 1.807) is 13.2 Å². The number of hydrogen-bond donors (Lipinski definition) is 0. The molecule has 2 atom stereocenters. The summed E-state index contributed by atoms with van der Waals surface area (Å²) in [5, 5.41) is 0.622. The van der Waals surface area contributed by atoms with E-state index >= 15 is 0 Å². The lowest BCUT2D eigenvalue weighted by molar-refractivity contribution is 0.124. The van der Waals surface area contributed by atoms with Crippen LogP contribution >= 0.6 is 23.2 Å². The normalized spacial score (nSPS) is 23.2. The van der Waals surface area contributed by atoms with Gasteiger partial charge in [-0.2, -0.15) is 0 Å². The fraction of sp³-hybridized carbons (Fsp3) is 0.600. The van der Waals surface area contributed by atoms with Crippen LogP contribution in [0.2, 0.25) is 5.02 Å². The zero-order valence-corrected chi connectivity index (χ0v) is 12.9. The lowest BCUT2D eigenvalue weighted by atomic mass is 9.88. The number of halogens is 2. The van der Waals surface area contributed by atoms with Crippen LogP contribution in [-0.2, 0) is 5.88 Å². The van der Waals surface area contributed by atoms with Crippen molar-refractivity contribution in [1.82, 2.24) is 0 Å². The summed E-state index contributed by atoms with van der Waals surface area (Å²) in [4.78, 5) is 0. The quantitative estimate of drug-likeness (QED) is 0.725. The van der Waals surface area contributed by atoms with E-state index in [4.69, 9.17) is 32.7 Å². The van der Waals surface area contributed by atoms with E-state index < -0.39 is 0 Å². The first-order chi connectivity index (χ1) is 9.13. The van der Waals surface area contributed by atoms with Gasteiger partial charge in [-0.05, 0) is 31.2 Å². The van der Waals surface area contributed by atoms with Crippen molar-refractivity contribution >= 4 is 23.2 Å². The molecule has 0 heterocycles. The van der Waals surface area contributed by atoms with Gasteiger partial charge in [0, 0.05) is 16.7 Å². The van der Waals surface area contributed by atoms with Crippen molar-refractivity contribution in [2.24, 2.45) is 5.92 Å². The number of benzene rings is 1. The molecule has 2 nitrogen and oxygen atoms in total. The molecule has 19 heavy (non-hydrogen) atoms. The van der Waals surface area contributed by atoms with Gasteiger partial charge < -0.3 is 9.47 Å². The number of rotatable bonds is 4. The standard InChI is InChI=1S/C15H20Cl2O2/c1-10-4-3-5-13(6-10)19-15-11(9-16)7-12(17)8-14(15)18-2/h7-8,10,13H,3-6,9H2,1-2H3. The Morgan fingerprint density at radius 1 is 1.32 bits per heavy atom. The molecule has 0 radical (unpaired) electrons. The number of ether oxygens (including phenoxy) is 2. The molecule has 0 aromatic heterocycles. The van der Waals surface area contributed by atoms with Crippen molar-refractivity contribution in [3.8, 4) is 11.5 Å². The molecule has 1 aliphatic carbocycles. The predicted octanol–water partition coefficient (Wildman–Crippen LogP) is 5.04. The van der Waals surface area contributed by atoms with E-state index in [1.165, 1.54) is 12.8 Å². The summed E-state index contributed by atoms with van der Waals surface area (Å²) in [5.41, 5.74) is 0.893. The van der Waals surface area contributed by atoms with Crippen LogP contribution < -0.4 is 9.47 Å². The Hall–Kier alpha value is -0.600. The van der Waals surface area contributed by atoms with E-state index in [0.717, 1.165) is 30.1 Å². The molecule has 2 unspecified atom stereocenters. The zero-order chi connectivity index (χ0) is 13.8. The van der Waals surface area contributed by atoms with Gasteiger partial charge in [0.25, 0.3) is 0 Å². The van der Waals surface area contributed by atoms with Gasteiger partial charge >= 0.3 is 0 Å². The lowest BCUT2D eigenvalue weighted by Gasteiger charge is -2.28. The average Bonchev–Trinajstić information content (AvgIpc) is 2.40. The van der Waals surface area contributed by atoms with Gasteiger partial charge in [0.2, 0.25) is 0 Å². The van der Waals surface area contributed by atoms with Crippen LogP contribution in [-0.4, -0.2) is 13.2 Å². The van der Waals surface area contributed by atoms with E-state index in [-0.39, 0.29) is 6.10 Å². The molecular weight excluding hydrogens is 283 g/mol. The fourth-order valence-corrected chi connectivity index (χ4v) is 3.09. The Balaban J connectivity index is 2.22. The molecule has 1 aromatic rings. The third kappa shape index (κ3) is 3.70. The zero-order valence-electron chi connectivity index (χ0n) is 11.4. The lowest BCUT2D eigenvalue weighted by Crippen LogP contribution is -2.24. The van der Waals surface area contributed by atoms with Crippen LogP contribution in [0.1, 0.15) is 38.2 Å². The molecule has 0 spiro atoms. The Bertz CT molecular complexity index is 409. The van der Waals surface area contributed by atoms with E-state index in [2.05, 4.69) is 6.92 Å². The molecule has 0 N–H and O–H groups in total. The van der Waals surface area contributed by atoms with Crippen LogP contribution in [0, 0.1) is 5.92 Å². The molecule has 4 heteroatoms. The average molecular weight is 303 g/mol. The molecule has 0 amide bonds. The van der Waals surface area contributed by atoms with Crippen molar-refractivity contribution in [3.63, 3.8) is 0 Å². The van der Waals surface area contributed by atoms with Gasteiger partial charge in [0.1, 0.15) is 0 Å². The van der Waals surface area contributed by atoms with Crippen molar-refractivity contribution in [2.75, 3.05) is 7.11 Å².